The minimum atomic E-state index is -0.570. The topological polar surface area (TPSA) is 105 Å². The van der Waals surface area contributed by atoms with Gasteiger partial charge < -0.3 is 14.5 Å². The smallest absolute Gasteiger partial charge is 0.429 e. The van der Waals surface area contributed by atoms with Crippen LogP contribution in [0.5, 0.6) is 6.01 Å². The van der Waals surface area contributed by atoms with Gasteiger partial charge in [0.25, 0.3) is 11.7 Å². The fraction of sp³-hybridized carbons (Fsp3) is 0.391. The monoisotopic (exact) mass is 487 g/mol. The molecule has 0 unspecified atom stereocenters. The molecule has 0 bridgehead atoms. The van der Waals surface area contributed by atoms with Gasteiger partial charge in [-0.05, 0) is 44.7 Å². The van der Waals surface area contributed by atoms with Crippen molar-refractivity contribution in [3.05, 3.63) is 52.4 Å². The molecule has 180 valence electrons. The molecule has 4 rings (SSSR count). The molecule has 1 fully saturated rings. The standard InChI is InChI=1S/C23H27ClN6O4/c1-4-15(2)34-23-26-20-19(29(23)13-16-5-7-17(24)8-6-16)21(32)30(22(33)25-20)14-18(31)28-11-9-27(3)10-12-28/h4-8H,9-14H2,1-3H3,(H,25,33)/p+1. The Morgan fingerprint density at radius 1 is 1.18 bits per heavy atom. The van der Waals surface area contributed by atoms with E-state index in [1.165, 1.54) is 5.32 Å². The van der Waals surface area contributed by atoms with Gasteiger partial charge in [0, 0.05) is 31.2 Å². The first kappa shape index (κ1) is 23.9. The molecule has 1 aromatic carbocycles. The van der Waals surface area contributed by atoms with E-state index in [-0.39, 0.29) is 36.5 Å². The number of nitrogens with zero attached hydrogens (tertiary/aromatic N) is 5. The lowest BCUT2D eigenvalue weighted by molar-refractivity contribution is -0.477. The van der Waals surface area contributed by atoms with Gasteiger partial charge in [0.05, 0.1) is 6.54 Å². The predicted octanol–water partition coefficient (Wildman–Crippen LogP) is 1.43. The predicted molar refractivity (Wildman–Crippen MR) is 125 cm³/mol. The van der Waals surface area contributed by atoms with E-state index in [0.717, 1.165) is 23.6 Å². The van der Waals surface area contributed by atoms with Gasteiger partial charge in [0.2, 0.25) is 5.91 Å². The number of quaternary nitrogens is 1. The number of fused-ring (bicyclic) bond motifs is 1. The zero-order chi connectivity index (χ0) is 24.4. The zero-order valence-electron chi connectivity index (χ0n) is 19.5. The highest BCUT2D eigenvalue weighted by molar-refractivity contribution is 6.30. The second kappa shape index (κ2) is 9.96. The molecule has 2 N–H and O–H groups in total. The average Bonchev–Trinajstić information content (AvgIpc) is 3.14. The van der Waals surface area contributed by atoms with E-state index >= 15 is 0 Å². The first-order valence-electron chi connectivity index (χ1n) is 11.1. The number of halogens is 1. The highest BCUT2D eigenvalue weighted by Gasteiger charge is 2.42. The van der Waals surface area contributed by atoms with Crippen LogP contribution in [0.15, 0.2) is 36.1 Å². The number of benzene rings is 1. The molecule has 2 aliphatic rings. The van der Waals surface area contributed by atoms with E-state index in [0.29, 0.717) is 23.9 Å². The molecule has 0 saturated carbocycles. The van der Waals surface area contributed by atoms with Crippen molar-refractivity contribution in [2.75, 3.05) is 39.8 Å². The Balaban J connectivity index is 1.64. The van der Waals surface area contributed by atoms with Gasteiger partial charge in [-0.15, -0.1) is 4.98 Å². The number of nitrogens with two attached hydrogens (primary N) is 1. The third-order valence-electron chi connectivity index (χ3n) is 6.00. The second-order valence-electron chi connectivity index (χ2n) is 8.40. The number of rotatable bonds is 6. The number of imide groups is 1. The summed E-state index contributed by atoms with van der Waals surface area (Å²) in [5.41, 5.74) is 1.08. The number of ether oxygens (including phenoxy) is 1. The van der Waals surface area contributed by atoms with Crippen molar-refractivity contribution >= 4 is 35.3 Å². The molecule has 2 aliphatic heterocycles. The van der Waals surface area contributed by atoms with Crippen LogP contribution in [0, 0.1) is 0 Å². The highest BCUT2D eigenvalue weighted by Crippen LogP contribution is 2.26. The SMILES string of the molecule is CC=C(C)Oc1nc2c(n1Cc1ccc(Cl)cc1)C(=O)N(CC(=O)N1CCN(C)CC1)C(=O)[NH2+]2. The molecule has 0 radical (unpaired) electrons. The summed E-state index contributed by atoms with van der Waals surface area (Å²) in [4.78, 5) is 48.3. The van der Waals surface area contributed by atoms with Crippen molar-refractivity contribution in [3.8, 4) is 6.01 Å². The van der Waals surface area contributed by atoms with Crippen LogP contribution in [-0.4, -0.2) is 81.9 Å². The number of likely N-dealkylation sites (N-methyl/N-ethyl adjacent to an activating group) is 1. The van der Waals surface area contributed by atoms with Gasteiger partial charge in [0.15, 0.2) is 5.69 Å². The first-order chi connectivity index (χ1) is 16.3. The number of imidazole rings is 1. The first-order valence-corrected chi connectivity index (χ1v) is 11.5. The molecular formula is C23H28ClN6O4+. The molecule has 0 aliphatic carbocycles. The number of primary amides is 1. The van der Waals surface area contributed by atoms with Crippen LogP contribution in [0.2, 0.25) is 5.02 Å². The molecule has 3 heterocycles. The molecule has 4 amide bonds. The van der Waals surface area contributed by atoms with Gasteiger partial charge in [-0.1, -0.05) is 23.7 Å². The molecule has 2 aromatic rings. The van der Waals surface area contributed by atoms with E-state index in [9.17, 15) is 14.4 Å². The summed E-state index contributed by atoms with van der Waals surface area (Å²) >= 11 is 6.01. The maximum Gasteiger partial charge on any atom is 0.429 e. The minimum absolute atomic E-state index is 0.195. The number of carbonyl (C=O) groups is 3. The summed E-state index contributed by atoms with van der Waals surface area (Å²) in [6, 6.07) is 6.84. The number of carbonyl (C=O) groups excluding carboxylic acids is 3. The largest absolute Gasteiger partial charge is 0.431 e. The molecule has 10 nitrogen and oxygen atoms in total. The van der Waals surface area contributed by atoms with E-state index in [1.807, 2.05) is 26.1 Å². The maximum atomic E-state index is 13.5. The average molecular weight is 488 g/mol. The van der Waals surface area contributed by atoms with Gasteiger partial charge >= 0.3 is 12.0 Å². The van der Waals surface area contributed by atoms with Gasteiger partial charge in [-0.3, -0.25) is 14.2 Å². The number of aromatic nitrogens is 2. The Morgan fingerprint density at radius 3 is 2.50 bits per heavy atom. The molecule has 0 spiro atoms. The van der Waals surface area contributed by atoms with Crippen molar-refractivity contribution in [2.45, 2.75) is 20.4 Å². The Bertz CT molecular complexity index is 1140. The summed E-state index contributed by atoms with van der Waals surface area (Å²) < 4.78 is 7.48. The van der Waals surface area contributed by atoms with Crippen molar-refractivity contribution in [2.24, 2.45) is 0 Å². The highest BCUT2D eigenvalue weighted by atomic mass is 35.5. The number of amides is 4. The Morgan fingerprint density at radius 2 is 1.85 bits per heavy atom. The van der Waals surface area contributed by atoms with Crippen molar-refractivity contribution < 1.29 is 24.4 Å². The fourth-order valence-corrected chi connectivity index (χ4v) is 3.97. The molecule has 1 saturated heterocycles. The van der Waals surface area contributed by atoms with Gasteiger partial charge in [-0.2, -0.15) is 0 Å². The van der Waals surface area contributed by atoms with Gasteiger partial charge in [-0.25, -0.2) is 15.0 Å². The second-order valence-corrected chi connectivity index (χ2v) is 8.84. The third-order valence-corrected chi connectivity index (χ3v) is 6.25. The quantitative estimate of drug-likeness (QED) is 0.618. The molecule has 1 aromatic heterocycles. The van der Waals surface area contributed by atoms with E-state index < -0.39 is 11.9 Å². The summed E-state index contributed by atoms with van der Waals surface area (Å²) in [6.45, 7) is 6.20. The molecule has 11 heteroatoms. The van der Waals surface area contributed by atoms with Crippen LogP contribution in [0.1, 0.15) is 29.9 Å². The van der Waals surface area contributed by atoms with Crippen molar-refractivity contribution in [1.82, 2.24) is 24.3 Å². The lowest BCUT2D eigenvalue weighted by atomic mass is 10.2. The van der Waals surface area contributed by atoms with Crippen LogP contribution in [-0.2, 0) is 11.3 Å². The fourth-order valence-electron chi connectivity index (χ4n) is 3.84. The van der Waals surface area contributed by atoms with E-state index in [1.54, 1.807) is 34.6 Å². The van der Waals surface area contributed by atoms with Crippen LogP contribution in [0.25, 0.3) is 0 Å². The minimum Gasteiger partial charge on any atom is -0.431 e. The summed E-state index contributed by atoms with van der Waals surface area (Å²) in [6.07, 6.45) is 1.78. The number of allylic oxidation sites excluding steroid dienone is 2. The van der Waals surface area contributed by atoms with Crippen molar-refractivity contribution in [1.29, 1.82) is 0 Å². The lowest BCUT2D eigenvalue weighted by Gasteiger charge is -2.33. The van der Waals surface area contributed by atoms with E-state index in [4.69, 9.17) is 16.3 Å². The third kappa shape index (κ3) is 4.98. The maximum absolute atomic E-state index is 13.5. The normalized spacial score (nSPS) is 17.2. The Labute approximate surface area is 202 Å². The lowest BCUT2D eigenvalue weighted by Crippen LogP contribution is -2.89. The number of hydrogen-bond acceptors (Lipinski definition) is 6. The van der Waals surface area contributed by atoms with Crippen molar-refractivity contribution in [3.63, 3.8) is 0 Å². The Hall–Kier alpha value is -3.21. The van der Waals surface area contributed by atoms with Crippen LogP contribution < -0.4 is 10.1 Å². The zero-order valence-corrected chi connectivity index (χ0v) is 20.2. The summed E-state index contributed by atoms with van der Waals surface area (Å²) in [7, 11) is 1.99. The number of hydrogen-bond donors (Lipinski definition) is 1. The van der Waals surface area contributed by atoms with Crippen LogP contribution in [0.3, 0.4) is 0 Å². The molecule has 0 atom stereocenters. The van der Waals surface area contributed by atoms with Crippen LogP contribution in [0.4, 0.5) is 10.6 Å². The van der Waals surface area contributed by atoms with Gasteiger partial charge in [0.1, 0.15) is 12.3 Å². The molecule has 34 heavy (non-hydrogen) atoms. The van der Waals surface area contributed by atoms with Crippen LogP contribution >= 0.6 is 11.6 Å². The summed E-state index contributed by atoms with van der Waals surface area (Å²) in [5.74, 6) is 0.00261. The summed E-state index contributed by atoms with van der Waals surface area (Å²) in [5, 5.41) is 1.88. The van der Waals surface area contributed by atoms with E-state index in [2.05, 4.69) is 9.88 Å². The Kier molecular flexibility index (Phi) is 7.01. The number of urea groups is 1. The molecular weight excluding hydrogens is 460 g/mol. The number of piperazine rings is 1.